The number of rotatable bonds is 8. The summed E-state index contributed by atoms with van der Waals surface area (Å²) in [6, 6.07) is 14.2. The number of hydrogen-bond acceptors (Lipinski definition) is 3. The Morgan fingerprint density at radius 2 is 1.92 bits per heavy atom. The second-order valence-electron chi connectivity index (χ2n) is 6.18. The molecule has 1 heterocycles. The van der Waals surface area contributed by atoms with Gasteiger partial charge in [-0.05, 0) is 50.2 Å². The molecule has 4 nitrogen and oxygen atoms in total. The smallest absolute Gasteiger partial charge is 0.251 e. The van der Waals surface area contributed by atoms with Gasteiger partial charge in [-0.2, -0.15) is 0 Å². The van der Waals surface area contributed by atoms with Crippen molar-refractivity contribution < 1.29 is 4.79 Å². The van der Waals surface area contributed by atoms with Crippen LogP contribution in [0.15, 0.2) is 48.7 Å². The van der Waals surface area contributed by atoms with E-state index < -0.39 is 0 Å². The molecule has 0 aliphatic heterocycles. The average Bonchev–Trinajstić information content (AvgIpc) is 2.60. The van der Waals surface area contributed by atoms with Crippen LogP contribution in [0.4, 0.5) is 0 Å². The molecule has 1 aromatic heterocycles. The number of carbonyl (C=O) groups is 1. The molecular formula is C20H27N3O. The lowest BCUT2D eigenvalue weighted by Gasteiger charge is -2.24. The molecule has 2 aromatic rings. The molecule has 0 saturated heterocycles. The van der Waals surface area contributed by atoms with Crippen molar-refractivity contribution in [3.63, 3.8) is 0 Å². The van der Waals surface area contributed by atoms with E-state index in [0.29, 0.717) is 18.2 Å². The second-order valence-corrected chi connectivity index (χ2v) is 6.18. The Balaban J connectivity index is 1.84. The van der Waals surface area contributed by atoms with Gasteiger partial charge >= 0.3 is 0 Å². The van der Waals surface area contributed by atoms with Crippen molar-refractivity contribution in [1.82, 2.24) is 15.2 Å². The van der Waals surface area contributed by atoms with Gasteiger partial charge in [0, 0.05) is 43.0 Å². The largest absolute Gasteiger partial charge is 0.352 e. The highest BCUT2D eigenvalue weighted by Crippen LogP contribution is 2.10. The molecule has 1 amide bonds. The van der Waals surface area contributed by atoms with Crippen molar-refractivity contribution in [3.8, 4) is 0 Å². The van der Waals surface area contributed by atoms with Crippen LogP contribution in [-0.2, 0) is 13.0 Å². The van der Waals surface area contributed by atoms with E-state index in [2.05, 4.69) is 36.0 Å². The van der Waals surface area contributed by atoms with Crippen LogP contribution in [-0.4, -0.2) is 34.9 Å². The summed E-state index contributed by atoms with van der Waals surface area (Å²) in [6.45, 7) is 9.10. The van der Waals surface area contributed by atoms with Crippen LogP contribution >= 0.6 is 0 Å². The van der Waals surface area contributed by atoms with Gasteiger partial charge in [0.05, 0.1) is 0 Å². The van der Waals surface area contributed by atoms with Gasteiger partial charge in [-0.3, -0.25) is 14.7 Å². The fourth-order valence-electron chi connectivity index (χ4n) is 2.61. The van der Waals surface area contributed by atoms with Gasteiger partial charge < -0.3 is 5.32 Å². The van der Waals surface area contributed by atoms with E-state index in [4.69, 9.17) is 0 Å². The number of amides is 1. The van der Waals surface area contributed by atoms with Gasteiger partial charge in [0.1, 0.15) is 0 Å². The highest BCUT2D eigenvalue weighted by Gasteiger charge is 2.09. The molecule has 0 atom stereocenters. The lowest BCUT2D eigenvalue weighted by atomic mass is 10.1. The number of benzene rings is 1. The Kier molecular flexibility index (Phi) is 6.94. The molecule has 1 aromatic carbocycles. The monoisotopic (exact) mass is 325 g/mol. The van der Waals surface area contributed by atoms with Gasteiger partial charge in [0.25, 0.3) is 5.91 Å². The first-order chi connectivity index (χ1) is 11.6. The number of carbonyl (C=O) groups excluding carboxylic acids is 1. The lowest BCUT2D eigenvalue weighted by Crippen LogP contribution is -2.30. The first-order valence-electron chi connectivity index (χ1n) is 8.61. The molecular weight excluding hydrogens is 298 g/mol. The molecule has 0 bridgehead atoms. The molecule has 4 heteroatoms. The van der Waals surface area contributed by atoms with Crippen LogP contribution in [0.2, 0.25) is 0 Å². The molecule has 2 rings (SSSR count). The maximum Gasteiger partial charge on any atom is 0.251 e. The van der Waals surface area contributed by atoms with Gasteiger partial charge in [-0.25, -0.2) is 0 Å². The minimum Gasteiger partial charge on any atom is -0.352 e. The van der Waals surface area contributed by atoms with Crippen LogP contribution in [0.5, 0.6) is 0 Å². The number of aromatic nitrogens is 1. The zero-order valence-electron chi connectivity index (χ0n) is 14.8. The Morgan fingerprint density at radius 1 is 1.17 bits per heavy atom. The fourth-order valence-corrected chi connectivity index (χ4v) is 2.61. The predicted octanol–water partition coefficient (Wildman–Crippen LogP) is 3.28. The molecule has 0 aliphatic carbocycles. The molecule has 0 saturated carbocycles. The third-order valence-corrected chi connectivity index (χ3v) is 4.13. The summed E-state index contributed by atoms with van der Waals surface area (Å²) in [5.74, 6) is -0.0336. The molecule has 128 valence electrons. The average molecular weight is 325 g/mol. The quantitative estimate of drug-likeness (QED) is 0.810. The third kappa shape index (κ3) is 5.46. The predicted molar refractivity (Wildman–Crippen MR) is 97.9 cm³/mol. The summed E-state index contributed by atoms with van der Waals surface area (Å²) < 4.78 is 0. The topological polar surface area (TPSA) is 45.2 Å². The Bertz CT molecular complexity index is 623. The Labute approximate surface area is 144 Å². The van der Waals surface area contributed by atoms with Gasteiger partial charge in [-0.1, -0.05) is 25.1 Å². The Hall–Kier alpha value is -2.20. The maximum absolute atomic E-state index is 12.2. The minimum absolute atomic E-state index is 0.0336. The van der Waals surface area contributed by atoms with Crippen LogP contribution < -0.4 is 5.32 Å². The van der Waals surface area contributed by atoms with Crippen molar-refractivity contribution in [2.45, 2.75) is 39.8 Å². The molecule has 24 heavy (non-hydrogen) atoms. The summed E-state index contributed by atoms with van der Waals surface area (Å²) in [4.78, 5) is 18.8. The standard InChI is InChI=1S/C20H27N3O/c1-4-23(16(2)3)15-17-8-10-18(11-9-17)20(24)22-14-12-19-7-5-6-13-21-19/h5-11,13,16H,4,12,14-15H2,1-3H3,(H,22,24). The van der Waals surface area contributed by atoms with Crippen LogP contribution in [0.25, 0.3) is 0 Å². The second kappa shape index (κ2) is 9.18. The van der Waals surface area contributed by atoms with E-state index in [1.165, 1.54) is 5.56 Å². The van der Waals surface area contributed by atoms with E-state index in [0.717, 1.165) is 25.2 Å². The lowest BCUT2D eigenvalue weighted by molar-refractivity contribution is 0.0954. The fraction of sp³-hybridized carbons (Fsp3) is 0.400. The highest BCUT2D eigenvalue weighted by atomic mass is 16.1. The molecule has 0 fully saturated rings. The minimum atomic E-state index is -0.0336. The summed E-state index contributed by atoms with van der Waals surface area (Å²) in [6.07, 6.45) is 2.51. The van der Waals surface area contributed by atoms with E-state index in [1.54, 1.807) is 6.20 Å². The first-order valence-corrected chi connectivity index (χ1v) is 8.61. The molecule has 0 aliphatic rings. The van der Waals surface area contributed by atoms with Gasteiger partial charge in [0.15, 0.2) is 0 Å². The van der Waals surface area contributed by atoms with E-state index in [-0.39, 0.29) is 5.91 Å². The molecule has 0 radical (unpaired) electrons. The van der Waals surface area contributed by atoms with Crippen molar-refractivity contribution in [2.24, 2.45) is 0 Å². The summed E-state index contributed by atoms with van der Waals surface area (Å²) in [5.41, 5.74) is 2.92. The van der Waals surface area contributed by atoms with Crippen LogP contribution in [0, 0.1) is 0 Å². The number of nitrogens with zero attached hydrogens (tertiary/aromatic N) is 2. The van der Waals surface area contributed by atoms with E-state index in [9.17, 15) is 4.79 Å². The van der Waals surface area contributed by atoms with Crippen molar-refractivity contribution in [1.29, 1.82) is 0 Å². The van der Waals surface area contributed by atoms with Gasteiger partial charge in [0.2, 0.25) is 0 Å². The molecule has 0 unspecified atom stereocenters. The van der Waals surface area contributed by atoms with Crippen molar-refractivity contribution in [2.75, 3.05) is 13.1 Å². The SMILES string of the molecule is CCN(Cc1ccc(C(=O)NCCc2ccccn2)cc1)C(C)C. The molecule has 0 spiro atoms. The van der Waals surface area contributed by atoms with E-state index >= 15 is 0 Å². The number of nitrogens with one attached hydrogen (secondary N) is 1. The van der Waals surface area contributed by atoms with Crippen LogP contribution in [0.3, 0.4) is 0 Å². The number of pyridine rings is 1. The zero-order chi connectivity index (χ0) is 17.4. The third-order valence-electron chi connectivity index (χ3n) is 4.13. The number of hydrogen-bond donors (Lipinski definition) is 1. The van der Waals surface area contributed by atoms with E-state index in [1.807, 2.05) is 42.5 Å². The normalized spacial score (nSPS) is 11.0. The van der Waals surface area contributed by atoms with Crippen molar-refractivity contribution >= 4 is 5.91 Å². The summed E-state index contributed by atoms with van der Waals surface area (Å²) in [7, 11) is 0. The maximum atomic E-state index is 12.2. The summed E-state index contributed by atoms with van der Waals surface area (Å²) in [5, 5.41) is 2.95. The van der Waals surface area contributed by atoms with Crippen LogP contribution in [0.1, 0.15) is 42.4 Å². The highest BCUT2D eigenvalue weighted by molar-refractivity contribution is 5.94. The molecule has 1 N–H and O–H groups in total. The Morgan fingerprint density at radius 3 is 2.50 bits per heavy atom. The van der Waals surface area contributed by atoms with Gasteiger partial charge in [-0.15, -0.1) is 0 Å². The summed E-state index contributed by atoms with van der Waals surface area (Å²) >= 11 is 0. The zero-order valence-corrected chi connectivity index (χ0v) is 14.8. The van der Waals surface area contributed by atoms with Crippen molar-refractivity contribution in [3.05, 3.63) is 65.5 Å². The first kappa shape index (κ1) is 18.1.